The van der Waals surface area contributed by atoms with Gasteiger partial charge in [0.05, 0.1) is 13.4 Å². The van der Waals surface area contributed by atoms with Gasteiger partial charge in [-0.1, -0.05) is 11.6 Å². The van der Waals surface area contributed by atoms with Gasteiger partial charge in [-0.25, -0.2) is 0 Å². The van der Waals surface area contributed by atoms with Gasteiger partial charge in [-0.2, -0.15) is 0 Å². The van der Waals surface area contributed by atoms with Gasteiger partial charge in [-0.15, -0.1) is 0 Å². The first kappa shape index (κ1) is 17.8. The SMILES string of the molecule is COc1ccc(Cl)cc1CN1CCN(C(=O)CCc2ccco2)CC1. The van der Waals surface area contributed by atoms with Crippen LogP contribution in [0.2, 0.25) is 5.02 Å². The van der Waals surface area contributed by atoms with Gasteiger partial charge in [0.1, 0.15) is 11.5 Å². The van der Waals surface area contributed by atoms with E-state index in [-0.39, 0.29) is 5.91 Å². The molecule has 0 bridgehead atoms. The lowest BCUT2D eigenvalue weighted by atomic mass is 10.1. The topological polar surface area (TPSA) is 45.9 Å². The van der Waals surface area contributed by atoms with Crippen LogP contribution >= 0.6 is 11.6 Å². The predicted molar refractivity (Wildman–Crippen MR) is 96.9 cm³/mol. The summed E-state index contributed by atoms with van der Waals surface area (Å²) in [5.74, 6) is 1.90. The highest BCUT2D eigenvalue weighted by molar-refractivity contribution is 6.30. The fourth-order valence-electron chi connectivity index (χ4n) is 3.11. The lowest BCUT2D eigenvalue weighted by Crippen LogP contribution is -2.48. The Morgan fingerprint density at radius 3 is 2.72 bits per heavy atom. The van der Waals surface area contributed by atoms with Gasteiger partial charge in [0.25, 0.3) is 0 Å². The summed E-state index contributed by atoms with van der Waals surface area (Å²) in [6.45, 7) is 3.97. The summed E-state index contributed by atoms with van der Waals surface area (Å²) in [7, 11) is 1.67. The average molecular weight is 363 g/mol. The Labute approximate surface area is 153 Å². The van der Waals surface area contributed by atoms with Gasteiger partial charge in [0.2, 0.25) is 5.91 Å². The Morgan fingerprint density at radius 1 is 1.24 bits per heavy atom. The van der Waals surface area contributed by atoms with Gasteiger partial charge in [0.15, 0.2) is 0 Å². The second-order valence-corrected chi connectivity index (χ2v) is 6.63. The second kappa shape index (κ2) is 8.41. The molecule has 1 aliphatic rings. The quantitative estimate of drug-likeness (QED) is 0.791. The molecule has 0 aliphatic carbocycles. The van der Waals surface area contributed by atoms with Gasteiger partial charge in [0, 0.05) is 56.2 Å². The molecule has 5 nitrogen and oxygen atoms in total. The zero-order chi connectivity index (χ0) is 17.6. The van der Waals surface area contributed by atoms with Crippen LogP contribution in [0.5, 0.6) is 5.75 Å². The highest BCUT2D eigenvalue weighted by Crippen LogP contribution is 2.24. The molecule has 3 rings (SSSR count). The Kier molecular flexibility index (Phi) is 6.00. The summed E-state index contributed by atoms with van der Waals surface area (Å²) in [5.41, 5.74) is 1.08. The Balaban J connectivity index is 1.48. The number of furan rings is 1. The minimum Gasteiger partial charge on any atom is -0.496 e. The molecule has 0 atom stereocenters. The van der Waals surface area contributed by atoms with Crippen molar-refractivity contribution in [3.63, 3.8) is 0 Å². The highest BCUT2D eigenvalue weighted by Gasteiger charge is 2.22. The van der Waals surface area contributed by atoms with Gasteiger partial charge in [-0.05, 0) is 30.3 Å². The lowest BCUT2D eigenvalue weighted by Gasteiger charge is -2.35. The first-order chi connectivity index (χ1) is 12.2. The largest absolute Gasteiger partial charge is 0.496 e. The normalized spacial score (nSPS) is 15.4. The molecule has 0 spiro atoms. The van der Waals surface area contributed by atoms with Crippen molar-refractivity contribution in [1.29, 1.82) is 0 Å². The Hall–Kier alpha value is -1.98. The third-order valence-corrected chi connectivity index (χ3v) is 4.76. The summed E-state index contributed by atoms with van der Waals surface area (Å²) in [6.07, 6.45) is 2.80. The Morgan fingerprint density at radius 2 is 2.04 bits per heavy atom. The van der Waals surface area contributed by atoms with Gasteiger partial charge >= 0.3 is 0 Å². The van der Waals surface area contributed by atoms with Gasteiger partial charge < -0.3 is 14.1 Å². The third kappa shape index (κ3) is 4.77. The maximum atomic E-state index is 12.3. The van der Waals surface area contributed by atoms with Crippen molar-refractivity contribution >= 4 is 17.5 Å². The van der Waals surface area contributed by atoms with Crippen LogP contribution in [0.15, 0.2) is 41.0 Å². The molecular formula is C19H23ClN2O3. The molecule has 25 heavy (non-hydrogen) atoms. The lowest BCUT2D eigenvalue weighted by molar-refractivity contribution is -0.133. The van der Waals surface area contributed by atoms with E-state index >= 15 is 0 Å². The highest BCUT2D eigenvalue weighted by atomic mass is 35.5. The number of hydrogen-bond acceptors (Lipinski definition) is 4. The molecule has 1 fully saturated rings. The zero-order valence-electron chi connectivity index (χ0n) is 14.4. The number of halogens is 1. The van der Waals surface area contributed by atoms with Crippen molar-refractivity contribution in [3.05, 3.63) is 52.9 Å². The van der Waals surface area contributed by atoms with E-state index in [1.807, 2.05) is 35.2 Å². The van der Waals surface area contributed by atoms with Crippen molar-refractivity contribution in [2.45, 2.75) is 19.4 Å². The number of carbonyl (C=O) groups is 1. The monoisotopic (exact) mass is 362 g/mol. The van der Waals surface area contributed by atoms with E-state index in [0.717, 1.165) is 49.8 Å². The minimum absolute atomic E-state index is 0.191. The number of aryl methyl sites for hydroxylation is 1. The number of rotatable bonds is 6. The predicted octanol–water partition coefficient (Wildman–Crippen LogP) is 3.22. The van der Waals surface area contributed by atoms with E-state index in [1.165, 1.54) is 0 Å². The maximum Gasteiger partial charge on any atom is 0.223 e. The Bertz CT molecular complexity index is 695. The van der Waals surface area contributed by atoms with Crippen LogP contribution in [0.4, 0.5) is 0 Å². The first-order valence-corrected chi connectivity index (χ1v) is 8.88. The molecule has 0 N–H and O–H groups in total. The third-order valence-electron chi connectivity index (χ3n) is 4.53. The number of benzene rings is 1. The van der Waals surface area contributed by atoms with Crippen LogP contribution in [0.25, 0.3) is 0 Å². The fraction of sp³-hybridized carbons (Fsp3) is 0.421. The van der Waals surface area contributed by atoms with E-state index in [9.17, 15) is 4.79 Å². The van der Waals surface area contributed by atoms with Crippen LogP contribution in [-0.2, 0) is 17.8 Å². The van der Waals surface area contributed by atoms with E-state index in [2.05, 4.69) is 4.90 Å². The number of methoxy groups -OCH3 is 1. The van der Waals surface area contributed by atoms with Crippen LogP contribution < -0.4 is 4.74 Å². The number of ether oxygens (including phenoxy) is 1. The number of nitrogens with zero attached hydrogens (tertiary/aromatic N) is 2. The standard InChI is InChI=1S/C19H23ClN2O3/c1-24-18-6-4-16(20)13-15(18)14-21-8-10-22(11-9-21)19(23)7-5-17-3-2-12-25-17/h2-4,6,12-13H,5,7-11,14H2,1H3. The summed E-state index contributed by atoms with van der Waals surface area (Å²) in [6, 6.07) is 9.43. The van der Waals surface area contributed by atoms with Crippen molar-refractivity contribution in [2.24, 2.45) is 0 Å². The van der Waals surface area contributed by atoms with Crippen LogP contribution in [-0.4, -0.2) is 49.0 Å². The summed E-state index contributed by atoms with van der Waals surface area (Å²) in [4.78, 5) is 16.6. The fourth-order valence-corrected chi connectivity index (χ4v) is 3.30. The molecule has 2 aromatic rings. The number of carbonyl (C=O) groups excluding carboxylic acids is 1. The summed E-state index contributed by atoms with van der Waals surface area (Å²) < 4.78 is 10.7. The van der Waals surface area contributed by atoms with E-state index in [4.69, 9.17) is 20.8 Å². The molecule has 1 aromatic carbocycles. The molecule has 1 amide bonds. The molecule has 0 unspecified atom stereocenters. The molecule has 1 aromatic heterocycles. The smallest absolute Gasteiger partial charge is 0.223 e. The molecule has 6 heteroatoms. The van der Waals surface area contributed by atoms with E-state index in [0.29, 0.717) is 17.9 Å². The second-order valence-electron chi connectivity index (χ2n) is 6.19. The van der Waals surface area contributed by atoms with Crippen LogP contribution in [0.1, 0.15) is 17.7 Å². The van der Waals surface area contributed by atoms with Crippen LogP contribution in [0, 0.1) is 0 Å². The molecule has 1 aliphatic heterocycles. The number of amides is 1. The molecule has 0 radical (unpaired) electrons. The van der Waals surface area contributed by atoms with Crippen molar-refractivity contribution in [1.82, 2.24) is 9.80 Å². The van der Waals surface area contributed by atoms with Gasteiger partial charge in [-0.3, -0.25) is 9.69 Å². The molecule has 1 saturated heterocycles. The van der Waals surface area contributed by atoms with E-state index < -0.39 is 0 Å². The minimum atomic E-state index is 0.191. The first-order valence-electron chi connectivity index (χ1n) is 8.50. The number of piperazine rings is 1. The van der Waals surface area contributed by atoms with E-state index in [1.54, 1.807) is 13.4 Å². The molecule has 134 valence electrons. The molecule has 2 heterocycles. The van der Waals surface area contributed by atoms with Crippen LogP contribution in [0.3, 0.4) is 0 Å². The molecule has 0 saturated carbocycles. The maximum absolute atomic E-state index is 12.3. The zero-order valence-corrected chi connectivity index (χ0v) is 15.2. The van der Waals surface area contributed by atoms with Crippen molar-refractivity contribution in [2.75, 3.05) is 33.3 Å². The van der Waals surface area contributed by atoms with Crippen molar-refractivity contribution in [3.8, 4) is 5.75 Å². The number of hydrogen-bond donors (Lipinski definition) is 0. The summed E-state index contributed by atoms with van der Waals surface area (Å²) >= 11 is 6.10. The summed E-state index contributed by atoms with van der Waals surface area (Å²) in [5, 5.41) is 0.711. The molecular weight excluding hydrogens is 340 g/mol. The van der Waals surface area contributed by atoms with Crippen molar-refractivity contribution < 1.29 is 13.9 Å². The average Bonchev–Trinajstić information content (AvgIpc) is 3.14.